The predicted octanol–water partition coefficient (Wildman–Crippen LogP) is 2.06. The second kappa shape index (κ2) is 8.59. The molecule has 1 unspecified atom stereocenters. The maximum atomic E-state index is 12.4. The second-order valence-electron chi connectivity index (χ2n) is 7.61. The molecule has 1 saturated heterocycles. The van der Waals surface area contributed by atoms with E-state index in [1.54, 1.807) is 12.1 Å². The number of rotatable bonds is 4. The summed E-state index contributed by atoms with van der Waals surface area (Å²) in [6, 6.07) is 12.5. The van der Waals surface area contributed by atoms with Crippen LogP contribution in [0.1, 0.15) is 23.0 Å². The topological polar surface area (TPSA) is 64.3 Å². The summed E-state index contributed by atoms with van der Waals surface area (Å²) in [5.74, 6) is 1.26. The lowest BCUT2D eigenvalue weighted by atomic mass is 10.2. The van der Waals surface area contributed by atoms with Crippen LogP contribution in [0.25, 0.3) is 0 Å². The molecule has 7 heteroatoms. The zero-order valence-corrected chi connectivity index (χ0v) is 17.2. The van der Waals surface area contributed by atoms with Crippen LogP contribution in [0.15, 0.2) is 52.1 Å². The van der Waals surface area contributed by atoms with Gasteiger partial charge in [0.1, 0.15) is 0 Å². The standard InChI is InChI=1S/C22H29N5O2/c1-17(27-10-9-18-6-3-4-7-19(18)27)16-24-22(23-2)26-13-11-25(12-14-26)21(28)20-8-5-15-29-20/h3-8,15,17H,9-14,16H2,1-2H3,(H,23,24). The molecule has 29 heavy (non-hydrogen) atoms. The Morgan fingerprint density at radius 2 is 1.86 bits per heavy atom. The molecular formula is C22H29N5O2. The van der Waals surface area contributed by atoms with Crippen molar-refractivity contribution in [2.45, 2.75) is 19.4 Å². The molecule has 0 bridgehead atoms. The van der Waals surface area contributed by atoms with Gasteiger partial charge in [-0.25, -0.2) is 0 Å². The zero-order chi connectivity index (χ0) is 20.2. The van der Waals surface area contributed by atoms with Gasteiger partial charge in [-0.2, -0.15) is 0 Å². The molecule has 1 aromatic carbocycles. The molecule has 2 aromatic rings. The number of benzene rings is 1. The van der Waals surface area contributed by atoms with E-state index >= 15 is 0 Å². The number of nitrogens with one attached hydrogen (secondary N) is 1. The first-order chi connectivity index (χ1) is 14.2. The van der Waals surface area contributed by atoms with Crippen molar-refractivity contribution in [1.29, 1.82) is 0 Å². The van der Waals surface area contributed by atoms with Gasteiger partial charge in [-0.15, -0.1) is 0 Å². The Hall–Kier alpha value is -2.96. The lowest BCUT2D eigenvalue weighted by molar-refractivity contribution is 0.0657. The highest BCUT2D eigenvalue weighted by Crippen LogP contribution is 2.28. The molecule has 154 valence electrons. The number of hydrogen-bond donors (Lipinski definition) is 1. The maximum absolute atomic E-state index is 12.4. The number of carbonyl (C=O) groups is 1. The van der Waals surface area contributed by atoms with Crippen molar-refractivity contribution in [3.8, 4) is 0 Å². The van der Waals surface area contributed by atoms with E-state index in [2.05, 4.69) is 51.3 Å². The maximum Gasteiger partial charge on any atom is 0.289 e. The van der Waals surface area contributed by atoms with Gasteiger partial charge in [-0.05, 0) is 37.1 Å². The summed E-state index contributed by atoms with van der Waals surface area (Å²) in [5.41, 5.74) is 2.78. The Balaban J connectivity index is 1.29. The number of carbonyl (C=O) groups excluding carboxylic acids is 1. The molecule has 1 N–H and O–H groups in total. The smallest absolute Gasteiger partial charge is 0.289 e. The van der Waals surface area contributed by atoms with Gasteiger partial charge in [0.05, 0.1) is 6.26 Å². The number of piperazine rings is 1. The molecule has 2 aliphatic rings. The van der Waals surface area contributed by atoms with Crippen LogP contribution in [-0.2, 0) is 6.42 Å². The molecule has 4 rings (SSSR count). The van der Waals surface area contributed by atoms with Gasteiger partial charge in [0.2, 0.25) is 0 Å². The number of furan rings is 1. The molecule has 7 nitrogen and oxygen atoms in total. The van der Waals surface area contributed by atoms with Crippen molar-refractivity contribution in [3.63, 3.8) is 0 Å². The highest BCUT2D eigenvalue weighted by Gasteiger charge is 2.26. The minimum absolute atomic E-state index is 0.0427. The fourth-order valence-corrected chi connectivity index (χ4v) is 4.18. The number of fused-ring (bicyclic) bond motifs is 1. The first-order valence-corrected chi connectivity index (χ1v) is 10.3. The number of para-hydroxylation sites is 1. The Bertz CT molecular complexity index is 856. The number of amides is 1. The third kappa shape index (κ3) is 4.09. The predicted molar refractivity (Wildman–Crippen MR) is 115 cm³/mol. The normalized spacial score (nSPS) is 18.0. The van der Waals surface area contributed by atoms with Gasteiger partial charge in [-0.1, -0.05) is 18.2 Å². The van der Waals surface area contributed by atoms with Gasteiger partial charge in [0.25, 0.3) is 5.91 Å². The fourth-order valence-electron chi connectivity index (χ4n) is 4.18. The van der Waals surface area contributed by atoms with E-state index in [1.807, 2.05) is 11.9 Å². The van der Waals surface area contributed by atoms with Crippen molar-refractivity contribution in [1.82, 2.24) is 15.1 Å². The molecule has 1 atom stereocenters. The molecular weight excluding hydrogens is 366 g/mol. The number of nitrogens with zero attached hydrogens (tertiary/aromatic N) is 4. The number of guanidine groups is 1. The zero-order valence-electron chi connectivity index (χ0n) is 17.2. The number of hydrogen-bond acceptors (Lipinski definition) is 4. The van der Waals surface area contributed by atoms with Gasteiger partial charge in [-0.3, -0.25) is 9.79 Å². The summed E-state index contributed by atoms with van der Waals surface area (Å²) in [7, 11) is 1.82. The van der Waals surface area contributed by atoms with Crippen LogP contribution in [0.4, 0.5) is 5.69 Å². The van der Waals surface area contributed by atoms with Crippen LogP contribution in [0.5, 0.6) is 0 Å². The quantitative estimate of drug-likeness (QED) is 0.634. The van der Waals surface area contributed by atoms with Crippen molar-refractivity contribution in [2.75, 3.05) is 51.2 Å². The highest BCUT2D eigenvalue weighted by atomic mass is 16.3. The van der Waals surface area contributed by atoms with Crippen LogP contribution in [-0.4, -0.2) is 74.0 Å². The van der Waals surface area contributed by atoms with Crippen LogP contribution in [0.2, 0.25) is 0 Å². The summed E-state index contributed by atoms with van der Waals surface area (Å²) in [6.07, 6.45) is 2.65. The monoisotopic (exact) mass is 395 g/mol. The van der Waals surface area contributed by atoms with Crippen molar-refractivity contribution < 1.29 is 9.21 Å². The molecule has 0 aliphatic carbocycles. The minimum atomic E-state index is -0.0427. The van der Waals surface area contributed by atoms with Crippen molar-refractivity contribution >= 4 is 17.6 Å². The second-order valence-corrected chi connectivity index (χ2v) is 7.61. The van der Waals surface area contributed by atoms with Crippen LogP contribution in [0.3, 0.4) is 0 Å². The van der Waals surface area contributed by atoms with Gasteiger partial charge in [0, 0.05) is 58.0 Å². The lowest BCUT2D eigenvalue weighted by Crippen LogP contribution is -2.55. The lowest BCUT2D eigenvalue weighted by Gasteiger charge is -2.37. The molecule has 0 radical (unpaired) electrons. The van der Waals surface area contributed by atoms with E-state index in [-0.39, 0.29) is 5.91 Å². The van der Waals surface area contributed by atoms with Gasteiger partial charge < -0.3 is 24.4 Å². The third-order valence-corrected chi connectivity index (χ3v) is 5.82. The number of anilines is 1. The van der Waals surface area contributed by atoms with Crippen LogP contribution >= 0.6 is 0 Å². The Morgan fingerprint density at radius 3 is 2.59 bits per heavy atom. The molecule has 3 heterocycles. The van der Waals surface area contributed by atoms with E-state index in [0.29, 0.717) is 24.9 Å². The molecule has 0 spiro atoms. The SMILES string of the molecule is CN=C(NCC(C)N1CCc2ccccc21)N1CCN(C(=O)c2ccco2)CC1. The van der Waals surface area contributed by atoms with Crippen molar-refractivity contribution in [3.05, 3.63) is 54.0 Å². The number of aliphatic imine (C=N–C) groups is 1. The average molecular weight is 396 g/mol. The summed E-state index contributed by atoms with van der Waals surface area (Å²) in [6.45, 7) is 6.98. The molecule has 1 fully saturated rings. The van der Waals surface area contributed by atoms with E-state index in [1.165, 1.54) is 17.5 Å². The summed E-state index contributed by atoms with van der Waals surface area (Å²) in [5, 5.41) is 3.53. The highest BCUT2D eigenvalue weighted by molar-refractivity contribution is 5.91. The molecule has 2 aliphatic heterocycles. The third-order valence-electron chi connectivity index (χ3n) is 5.82. The van der Waals surface area contributed by atoms with Crippen molar-refractivity contribution in [2.24, 2.45) is 4.99 Å². The largest absolute Gasteiger partial charge is 0.459 e. The van der Waals surface area contributed by atoms with E-state index in [4.69, 9.17) is 4.42 Å². The van der Waals surface area contributed by atoms with Crippen LogP contribution in [0, 0.1) is 0 Å². The first kappa shape index (κ1) is 19.4. The summed E-state index contributed by atoms with van der Waals surface area (Å²) >= 11 is 0. The Labute approximate surface area is 172 Å². The molecule has 1 amide bonds. The van der Waals surface area contributed by atoms with E-state index in [9.17, 15) is 4.79 Å². The van der Waals surface area contributed by atoms with E-state index in [0.717, 1.165) is 38.6 Å². The minimum Gasteiger partial charge on any atom is -0.459 e. The summed E-state index contributed by atoms with van der Waals surface area (Å²) in [4.78, 5) is 23.4. The fraction of sp³-hybridized carbons (Fsp3) is 0.455. The summed E-state index contributed by atoms with van der Waals surface area (Å²) < 4.78 is 5.24. The molecule has 1 aromatic heterocycles. The Morgan fingerprint density at radius 1 is 1.10 bits per heavy atom. The van der Waals surface area contributed by atoms with Gasteiger partial charge >= 0.3 is 0 Å². The molecule has 0 saturated carbocycles. The van der Waals surface area contributed by atoms with Gasteiger partial charge in [0.15, 0.2) is 11.7 Å². The average Bonchev–Trinajstić information content (AvgIpc) is 3.44. The Kier molecular flexibility index (Phi) is 5.74. The first-order valence-electron chi connectivity index (χ1n) is 10.3. The van der Waals surface area contributed by atoms with E-state index < -0.39 is 0 Å². The van der Waals surface area contributed by atoms with Crippen LogP contribution < -0.4 is 10.2 Å².